The van der Waals surface area contributed by atoms with Gasteiger partial charge in [0, 0.05) is 16.1 Å². The summed E-state index contributed by atoms with van der Waals surface area (Å²) >= 11 is 5.42. The van der Waals surface area contributed by atoms with Gasteiger partial charge in [-0.3, -0.25) is 0 Å². The van der Waals surface area contributed by atoms with Crippen molar-refractivity contribution in [2.45, 2.75) is 18.9 Å². The van der Waals surface area contributed by atoms with E-state index in [4.69, 9.17) is 11.6 Å². The Bertz CT molecular complexity index is 28.7. The van der Waals surface area contributed by atoms with Crippen LogP contribution in [0.3, 0.4) is 0 Å². The molecule has 0 aliphatic rings. The first kappa shape index (κ1) is 6.51. The van der Waals surface area contributed by atoms with E-state index in [2.05, 4.69) is 6.92 Å². The molecule has 0 saturated heterocycles. The van der Waals surface area contributed by atoms with Crippen LogP contribution in [0.2, 0.25) is 5.54 Å². The lowest BCUT2D eigenvalue weighted by Gasteiger charge is -1.94. The largest absolute Gasteiger partial charge is 0.127 e. The van der Waals surface area contributed by atoms with Gasteiger partial charge in [-0.1, -0.05) is 12.5 Å². The first-order chi connectivity index (χ1) is 2.77. The highest BCUT2D eigenvalue weighted by Crippen LogP contribution is 2.02. The van der Waals surface area contributed by atoms with E-state index >= 15 is 0 Å². The van der Waals surface area contributed by atoms with Crippen molar-refractivity contribution in [3.05, 3.63) is 0 Å². The molecule has 0 nitrogen and oxygen atoms in total. The monoisotopic (exact) mass is 122 g/mol. The normalized spacial score (nSPS) is 15.0. The molecule has 6 heavy (non-hydrogen) atoms. The topological polar surface area (TPSA) is 0 Å². The summed E-state index contributed by atoms with van der Waals surface area (Å²) in [6.45, 7) is 2.23. The van der Waals surface area contributed by atoms with Gasteiger partial charge in [-0.05, 0) is 6.42 Å². The Labute approximate surface area is 47.3 Å². The highest BCUT2D eigenvalue weighted by Gasteiger charge is 1.87. The van der Waals surface area contributed by atoms with Gasteiger partial charge >= 0.3 is 0 Å². The molecular weight excluding hydrogens is 112 g/mol. The van der Waals surface area contributed by atoms with E-state index in [1.54, 1.807) is 0 Å². The van der Waals surface area contributed by atoms with E-state index in [0.717, 1.165) is 11.4 Å². The maximum Gasteiger partial charge on any atom is 0.0222 e. The second-order valence-electron chi connectivity index (χ2n) is 1.87. The van der Waals surface area contributed by atoms with Gasteiger partial charge in [-0.2, -0.15) is 0 Å². The molecule has 0 aromatic heterocycles. The average molecular weight is 123 g/mol. The van der Waals surface area contributed by atoms with Crippen LogP contribution in [0.1, 0.15) is 13.3 Å². The van der Waals surface area contributed by atoms with Crippen molar-refractivity contribution in [3.8, 4) is 0 Å². The smallest absolute Gasteiger partial charge is 0.0222 e. The first-order valence-corrected chi connectivity index (χ1v) is 4.02. The van der Waals surface area contributed by atoms with Crippen LogP contribution in [0.5, 0.6) is 0 Å². The van der Waals surface area contributed by atoms with Crippen molar-refractivity contribution in [2.24, 2.45) is 0 Å². The maximum atomic E-state index is 5.42. The van der Waals surface area contributed by atoms with Crippen molar-refractivity contribution < 1.29 is 0 Å². The quantitative estimate of drug-likeness (QED) is 0.375. The molecule has 1 atom stereocenters. The Morgan fingerprint density at radius 1 is 1.83 bits per heavy atom. The fraction of sp³-hybridized carbons (Fsp3) is 1.00. The minimum atomic E-state index is 0.838. The van der Waals surface area contributed by atoms with E-state index in [9.17, 15) is 0 Å². The number of alkyl halides is 1. The van der Waals surface area contributed by atoms with Crippen LogP contribution in [0.4, 0.5) is 0 Å². The van der Waals surface area contributed by atoms with Crippen molar-refractivity contribution in [1.82, 2.24) is 0 Å². The summed E-state index contributed by atoms with van der Waals surface area (Å²) in [5.74, 6) is 0.838. The summed E-state index contributed by atoms with van der Waals surface area (Å²) in [6.07, 6.45) is 1.20. The molecule has 38 valence electrons. The van der Waals surface area contributed by atoms with Crippen molar-refractivity contribution in [2.75, 3.05) is 5.88 Å². The molecule has 0 aliphatic carbocycles. The van der Waals surface area contributed by atoms with Gasteiger partial charge in [0.25, 0.3) is 0 Å². The molecule has 0 spiro atoms. The number of rotatable bonds is 2. The maximum absolute atomic E-state index is 5.42. The van der Waals surface area contributed by atoms with Gasteiger partial charge in [0.15, 0.2) is 0 Å². The Kier molecular flexibility index (Phi) is 4.00. The number of hydrogen-bond acceptors (Lipinski definition) is 0. The number of hydrogen-bond donors (Lipinski definition) is 0. The molecule has 0 saturated carbocycles. The zero-order chi connectivity index (χ0) is 4.99. The molecule has 0 radical (unpaired) electrons. The van der Waals surface area contributed by atoms with Crippen molar-refractivity contribution in [3.63, 3.8) is 0 Å². The van der Waals surface area contributed by atoms with E-state index < -0.39 is 0 Å². The molecule has 0 aliphatic heterocycles. The molecule has 0 aromatic rings. The summed E-state index contributed by atoms with van der Waals surface area (Å²) in [5.41, 5.74) is 0.905. The van der Waals surface area contributed by atoms with E-state index in [-0.39, 0.29) is 0 Å². The summed E-state index contributed by atoms with van der Waals surface area (Å²) < 4.78 is 0. The molecule has 0 bridgehead atoms. The molecule has 2 heteroatoms. The lowest BCUT2D eigenvalue weighted by atomic mass is 10.4. The van der Waals surface area contributed by atoms with Crippen molar-refractivity contribution >= 4 is 21.8 Å². The molecule has 0 fully saturated rings. The van der Waals surface area contributed by atoms with Crippen LogP contribution in [0.25, 0.3) is 0 Å². The molecule has 0 amide bonds. The molecule has 0 N–H and O–H groups in total. The van der Waals surface area contributed by atoms with Gasteiger partial charge in [0.05, 0.1) is 0 Å². The Morgan fingerprint density at radius 2 is 2.33 bits per heavy atom. The van der Waals surface area contributed by atoms with Crippen LogP contribution in [0.15, 0.2) is 0 Å². The van der Waals surface area contributed by atoms with Crippen LogP contribution in [-0.4, -0.2) is 16.1 Å². The van der Waals surface area contributed by atoms with E-state index in [1.807, 2.05) is 0 Å². The van der Waals surface area contributed by atoms with Crippen molar-refractivity contribution in [1.29, 1.82) is 0 Å². The van der Waals surface area contributed by atoms with E-state index in [0.29, 0.717) is 0 Å². The second-order valence-corrected chi connectivity index (χ2v) is 4.22. The first-order valence-electron chi connectivity index (χ1n) is 2.33. The number of halogens is 1. The highest BCUT2D eigenvalue weighted by molar-refractivity contribution is 6.18. The predicted octanol–water partition coefficient (Wildman–Crippen LogP) is 0.789. The fourth-order valence-electron chi connectivity index (χ4n) is 0.218. The van der Waals surface area contributed by atoms with Gasteiger partial charge in [0.1, 0.15) is 0 Å². The van der Waals surface area contributed by atoms with Gasteiger partial charge in [-0.15, -0.1) is 11.6 Å². The lowest BCUT2D eigenvalue weighted by Crippen LogP contribution is -1.83. The Hall–Kier alpha value is 0.507. The molecule has 0 rings (SSSR count). The minimum absolute atomic E-state index is 0.838. The third-order valence-corrected chi connectivity index (χ3v) is 1.48. The van der Waals surface area contributed by atoms with Crippen LogP contribution in [-0.2, 0) is 0 Å². The van der Waals surface area contributed by atoms with Crippen LogP contribution in [0, 0.1) is 0 Å². The summed E-state index contributed by atoms with van der Waals surface area (Å²) in [6, 6.07) is 0. The third-order valence-electron chi connectivity index (χ3n) is 0.686. The summed E-state index contributed by atoms with van der Waals surface area (Å²) in [7, 11) is 1.29. The SMILES string of the molecule is CC([SiH3])CCCl. The molecule has 0 heterocycles. The highest BCUT2D eigenvalue weighted by atomic mass is 35.5. The van der Waals surface area contributed by atoms with Gasteiger partial charge in [-0.25, -0.2) is 0 Å². The molecule has 1 unspecified atom stereocenters. The summed E-state index contributed by atoms with van der Waals surface area (Å²) in [5, 5.41) is 0. The Morgan fingerprint density at radius 3 is 2.33 bits per heavy atom. The average Bonchev–Trinajstić information content (AvgIpc) is 1.35. The zero-order valence-electron chi connectivity index (χ0n) is 4.37. The second kappa shape index (κ2) is 3.69. The van der Waals surface area contributed by atoms with Crippen LogP contribution >= 0.6 is 11.6 Å². The van der Waals surface area contributed by atoms with Gasteiger partial charge < -0.3 is 0 Å². The Balaban J connectivity index is 2.63. The predicted molar refractivity (Wildman–Crippen MR) is 34.7 cm³/mol. The van der Waals surface area contributed by atoms with Crippen LogP contribution < -0.4 is 0 Å². The molecular formula is C4H11ClSi. The third kappa shape index (κ3) is 4.51. The fourth-order valence-corrected chi connectivity index (χ4v) is 1.31. The van der Waals surface area contributed by atoms with E-state index in [1.165, 1.54) is 16.7 Å². The van der Waals surface area contributed by atoms with Gasteiger partial charge in [0.2, 0.25) is 0 Å². The zero-order valence-corrected chi connectivity index (χ0v) is 7.13. The molecule has 0 aromatic carbocycles. The minimum Gasteiger partial charge on any atom is -0.127 e. The standard InChI is InChI=1S/C4H11ClSi/c1-4(6)2-3-5/h4H,2-3H2,1,6H3. The summed E-state index contributed by atoms with van der Waals surface area (Å²) in [4.78, 5) is 0. The lowest BCUT2D eigenvalue weighted by molar-refractivity contribution is 0.887.